The lowest BCUT2D eigenvalue weighted by Gasteiger charge is -2.13. The van der Waals surface area contributed by atoms with E-state index in [4.69, 9.17) is 18.4 Å². The molecule has 9 nitrogen and oxygen atoms in total. The summed E-state index contributed by atoms with van der Waals surface area (Å²) in [4.78, 5) is 12.4. The van der Waals surface area contributed by atoms with E-state index in [2.05, 4.69) is 10.5 Å². The van der Waals surface area contributed by atoms with Gasteiger partial charge in [-0.25, -0.2) is 5.43 Å². The fourth-order valence-corrected chi connectivity index (χ4v) is 4.71. The number of benzene rings is 3. The number of carbonyl (C=O) groups is 1. The zero-order valence-electron chi connectivity index (χ0n) is 18.4. The van der Waals surface area contributed by atoms with Crippen LogP contribution in [0.1, 0.15) is 15.9 Å². The molecule has 1 amide bonds. The van der Waals surface area contributed by atoms with Crippen LogP contribution in [0, 0.1) is 3.57 Å². The zero-order chi connectivity index (χ0) is 24.7. The molecule has 0 radical (unpaired) electrons. The lowest BCUT2D eigenvalue weighted by Crippen LogP contribution is -2.17. The molecule has 0 heterocycles. The van der Waals surface area contributed by atoms with E-state index in [0.29, 0.717) is 26.2 Å². The molecule has 0 aliphatic rings. The van der Waals surface area contributed by atoms with Crippen LogP contribution in [0.15, 0.2) is 70.7 Å². The maximum atomic E-state index is 12.6. The van der Waals surface area contributed by atoms with E-state index in [1.54, 1.807) is 42.5 Å². The van der Waals surface area contributed by atoms with Gasteiger partial charge in [-0.1, -0.05) is 18.2 Å². The van der Waals surface area contributed by atoms with E-state index in [1.165, 1.54) is 45.7 Å². The number of amides is 1. The third-order valence-corrected chi connectivity index (χ3v) is 6.54. The van der Waals surface area contributed by atoms with Crippen LogP contribution in [0.3, 0.4) is 0 Å². The Bertz CT molecular complexity index is 1310. The Morgan fingerprint density at radius 1 is 0.912 bits per heavy atom. The van der Waals surface area contributed by atoms with Gasteiger partial charge in [0.1, 0.15) is 4.90 Å². The summed E-state index contributed by atoms with van der Waals surface area (Å²) in [5, 5.41) is 3.97. The van der Waals surface area contributed by atoms with E-state index in [9.17, 15) is 13.2 Å². The van der Waals surface area contributed by atoms with Crippen molar-refractivity contribution in [2.75, 3.05) is 21.3 Å². The minimum absolute atomic E-state index is 0.0244. The van der Waals surface area contributed by atoms with Gasteiger partial charge >= 0.3 is 10.1 Å². The molecule has 1 N–H and O–H groups in total. The molecular weight excluding hydrogens is 575 g/mol. The van der Waals surface area contributed by atoms with Crippen LogP contribution >= 0.6 is 22.6 Å². The fraction of sp³-hybridized carbons (Fsp3) is 0.130. The van der Waals surface area contributed by atoms with Crippen LogP contribution in [0.25, 0.3) is 0 Å². The van der Waals surface area contributed by atoms with Gasteiger partial charge in [0, 0.05) is 5.56 Å². The van der Waals surface area contributed by atoms with Crippen LogP contribution in [0.2, 0.25) is 0 Å². The highest BCUT2D eigenvalue weighted by molar-refractivity contribution is 14.1. The number of hydrogen-bond acceptors (Lipinski definition) is 8. The molecule has 34 heavy (non-hydrogen) atoms. The number of carbonyl (C=O) groups excluding carboxylic acids is 1. The van der Waals surface area contributed by atoms with Crippen LogP contribution in [-0.4, -0.2) is 41.9 Å². The van der Waals surface area contributed by atoms with Crippen LogP contribution in [-0.2, 0) is 10.1 Å². The molecule has 3 aromatic carbocycles. The van der Waals surface area contributed by atoms with Crippen molar-refractivity contribution in [1.82, 2.24) is 5.43 Å². The van der Waals surface area contributed by atoms with Gasteiger partial charge in [0.2, 0.25) is 0 Å². The first-order valence-electron chi connectivity index (χ1n) is 9.71. The molecule has 3 rings (SSSR count). The molecule has 3 aromatic rings. The molecule has 0 aliphatic heterocycles. The SMILES string of the molecule is COc1ccc(C(=O)N/N=C/c2cc(I)c(OS(=O)(=O)c3ccccc3)c(OC)c2)cc1OC. The topological polar surface area (TPSA) is 113 Å². The summed E-state index contributed by atoms with van der Waals surface area (Å²) in [7, 11) is 0.333. The van der Waals surface area contributed by atoms with Crippen LogP contribution < -0.4 is 23.8 Å². The van der Waals surface area contributed by atoms with Gasteiger partial charge in [-0.2, -0.15) is 13.5 Å². The summed E-state index contributed by atoms with van der Waals surface area (Å²) in [6.07, 6.45) is 1.40. The van der Waals surface area contributed by atoms with Crippen molar-refractivity contribution in [2.45, 2.75) is 4.90 Å². The number of ether oxygens (including phenoxy) is 3. The van der Waals surface area contributed by atoms with E-state index in [1.807, 2.05) is 22.6 Å². The Morgan fingerprint density at radius 3 is 2.24 bits per heavy atom. The van der Waals surface area contributed by atoms with Gasteiger partial charge in [0.25, 0.3) is 5.91 Å². The Morgan fingerprint density at radius 2 is 1.59 bits per heavy atom. The number of hydrazone groups is 1. The third kappa shape index (κ3) is 5.97. The average Bonchev–Trinajstić information content (AvgIpc) is 2.85. The monoisotopic (exact) mass is 596 g/mol. The van der Waals surface area contributed by atoms with Gasteiger partial charge < -0.3 is 18.4 Å². The summed E-state index contributed by atoms with van der Waals surface area (Å²) in [6.45, 7) is 0. The van der Waals surface area contributed by atoms with Crippen molar-refractivity contribution < 1.29 is 31.6 Å². The summed E-state index contributed by atoms with van der Waals surface area (Å²) >= 11 is 1.94. The second-order valence-corrected chi connectivity index (χ2v) is 9.36. The molecule has 0 saturated carbocycles. The molecule has 0 fully saturated rings. The summed E-state index contributed by atoms with van der Waals surface area (Å²) in [5.41, 5.74) is 3.32. The molecule has 0 bridgehead atoms. The van der Waals surface area contributed by atoms with Crippen molar-refractivity contribution in [3.05, 3.63) is 75.4 Å². The predicted molar refractivity (Wildman–Crippen MR) is 135 cm³/mol. The first-order valence-corrected chi connectivity index (χ1v) is 12.2. The minimum atomic E-state index is -4.05. The molecule has 178 valence electrons. The molecule has 11 heteroatoms. The first-order chi connectivity index (χ1) is 16.3. The van der Waals surface area contributed by atoms with Crippen LogP contribution in [0.5, 0.6) is 23.0 Å². The number of rotatable bonds is 9. The summed E-state index contributed by atoms with van der Waals surface area (Å²) < 4.78 is 46.7. The van der Waals surface area contributed by atoms with E-state index in [-0.39, 0.29) is 16.4 Å². The molecule has 0 aliphatic carbocycles. The van der Waals surface area contributed by atoms with Gasteiger partial charge in [0.15, 0.2) is 23.0 Å². The highest BCUT2D eigenvalue weighted by atomic mass is 127. The molecule has 0 atom stereocenters. The number of hydrogen-bond donors (Lipinski definition) is 1. The van der Waals surface area contributed by atoms with Crippen molar-refractivity contribution in [3.8, 4) is 23.0 Å². The molecule has 0 spiro atoms. The molecule has 0 aromatic heterocycles. The molecule has 0 saturated heterocycles. The van der Waals surface area contributed by atoms with E-state index in [0.717, 1.165) is 0 Å². The molecule has 0 unspecified atom stereocenters. The normalized spacial score (nSPS) is 11.2. The Hall–Kier alpha value is -3.32. The third-order valence-electron chi connectivity index (χ3n) is 4.50. The fourth-order valence-electron chi connectivity index (χ4n) is 2.85. The lowest BCUT2D eigenvalue weighted by atomic mass is 10.2. The Labute approximate surface area is 210 Å². The number of methoxy groups -OCH3 is 3. The van der Waals surface area contributed by atoms with E-state index < -0.39 is 16.0 Å². The van der Waals surface area contributed by atoms with E-state index >= 15 is 0 Å². The summed E-state index contributed by atoms with van der Waals surface area (Å²) in [6, 6.07) is 15.7. The Kier molecular flexibility index (Phi) is 8.34. The van der Waals surface area contributed by atoms with Crippen molar-refractivity contribution >= 4 is 44.8 Å². The highest BCUT2D eigenvalue weighted by Gasteiger charge is 2.21. The maximum absolute atomic E-state index is 12.6. The second kappa shape index (κ2) is 11.2. The Balaban J connectivity index is 1.77. The lowest BCUT2D eigenvalue weighted by molar-refractivity contribution is 0.0954. The van der Waals surface area contributed by atoms with Gasteiger partial charge in [-0.15, -0.1) is 0 Å². The zero-order valence-corrected chi connectivity index (χ0v) is 21.4. The van der Waals surface area contributed by atoms with Crippen LogP contribution in [0.4, 0.5) is 0 Å². The highest BCUT2D eigenvalue weighted by Crippen LogP contribution is 2.35. The van der Waals surface area contributed by atoms with Crippen molar-refractivity contribution in [3.63, 3.8) is 0 Å². The standard InChI is InChI=1S/C23H21IN2O7S/c1-30-19-10-9-16(13-20(19)31-2)23(27)26-25-14-15-11-18(24)22(21(12-15)32-3)33-34(28,29)17-7-5-4-6-8-17/h4-14H,1-3H3,(H,26,27)/b25-14+. The number of nitrogens with one attached hydrogen (secondary N) is 1. The maximum Gasteiger partial charge on any atom is 0.339 e. The molecular formula is C23H21IN2O7S. The quantitative estimate of drug-likeness (QED) is 0.173. The van der Waals surface area contributed by atoms with Gasteiger partial charge in [-0.3, -0.25) is 4.79 Å². The smallest absolute Gasteiger partial charge is 0.339 e. The van der Waals surface area contributed by atoms with Crippen molar-refractivity contribution in [1.29, 1.82) is 0 Å². The average molecular weight is 596 g/mol. The van der Waals surface area contributed by atoms with Crippen molar-refractivity contribution in [2.24, 2.45) is 5.10 Å². The number of halogens is 1. The predicted octanol–water partition coefficient (Wildman–Crippen LogP) is 3.85. The van der Waals surface area contributed by atoms with Gasteiger partial charge in [-0.05, 0) is 70.6 Å². The van der Waals surface area contributed by atoms with Gasteiger partial charge in [0.05, 0.1) is 31.1 Å². The minimum Gasteiger partial charge on any atom is -0.493 e. The number of nitrogens with zero attached hydrogens (tertiary/aromatic N) is 1. The summed E-state index contributed by atoms with van der Waals surface area (Å²) in [5.74, 6) is 0.714. The largest absolute Gasteiger partial charge is 0.493 e. The second-order valence-electron chi connectivity index (χ2n) is 6.65. The first kappa shape index (κ1) is 25.3.